The molecule has 0 bridgehead atoms. The maximum Gasteiger partial charge on any atom is 0.0467 e. The molecule has 23 heavy (non-hydrogen) atoms. The number of hydrogen-bond donors (Lipinski definition) is 0. The molecule has 0 aliphatic carbocycles. The first-order valence-corrected chi connectivity index (χ1v) is 8.80. The van der Waals surface area contributed by atoms with Gasteiger partial charge in [0, 0.05) is 26.0 Å². The summed E-state index contributed by atoms with van der Waals surface area (Å²) in [4.78, 5) is 2.23. The Morgan fingerprint density at radius 3 is 1.70 bits per heavy atom. The molecule has 3 aromatic rings. The minimum absolute atomic E-state index is 1.07. The predicted molar refractivity (Wildman–Crippen MR) is 107 cm³/mol. The molecular weight excluding hydrogens is 414 g/mol. The molecule has 0 aliphatic heterocycles. The lowest BCUT2D eigenvalue weighted by atomic mass is 10.1. The van der Waals surface area contributed by atoms with Gasteiger partial charge in [-0.15, -0.1) is 0 Å². The molecule has 0 amide bonds. The number of halogens is 2. The lowest BCUT2D eigenvalue weighted by molar-refractivity contribution is 1.28. The van der Waals surface area contributed by atoms with Crippen molar-refractivity contribution in [3.63, 3.8) is 0 Å². The molecule has 0 spiro atoms. The fourth-order valence-electron chi connectivity index (χ4n) is 2.42. The van der Waals surface area contributed by atoms with Gasteiger partial charge in [0.05, 0.1) is 0 Å². The largest absolute Gasteiger partial charge is 0.310 e. The van der Waals surface area contributed by atoms with Crippen molar-refractivity contribution in [2.45, 2.75) is 0 Å². The van der Waals surface area contributed by atoms with E-state index < -0.39 is 0 Å². The molecule has 0 unspecified atom stereocenters. The molecule has 0 saturated heterocycles. The number of rotatable bonds is 4. The second kappa shape index (κ2) is 7.16. The average Bonchev–Trinajstić information content (AvgIpc) is 2.59. The zero-order valence-electron chi connectivity index (χ0n) is 12.4. The number of nitrogens with zero attached hydrogens (tertiary/aromatic N) is 1. The van der Waals surface area contributed by atoms with Gasteiger partial charge >= 0.3 is 0 Å². The van der Waals surface area contributed by atoms with Gasteiger partial charge in [-0.1, -0.05) is 56.6 Å². The SMILES string of the molecule is C=Cc1cccc(N(c2ccc(Br)cc2)c2ccc(Br)cc2)c1. The Balaban J connectivity index is 2.14. The van der Waals surface area contributed by atoms with E-state index in [0.717, 1.165) is 31.6 Å². The lowest BCUT2D eigenvalue weighted by Crippen LogP contribution is -2.09. The van der Waals surface area contributed by atoms with Crippen LogP contribution in [0.4, 0.5) is 17.1 Å². The fourth-order valence-corrected chi connectivity index (χ4v) is 2.95. The van der Waals surface area contributed by atoms with Gasteiger partial charge in [0.1, 0.15) is 0 Å². The van der Waals surface area contributed by atoms with E-state index in [1.54, 1.807) is 0 Å². The lowest BCUT2D eigenvalue weighted by Gasteiger charge is -2.26. The van der Waals surface area contributed by atoms with E-state index in [-0.39, 0.29) is 0 Å². The van der Waals surface area contributed by atoms with Crippen molar-refractivity contribution in [1.29, 1.82) is 0 Å². The third-order valence-electron chi connectivity index (χ3n) is 3.53. The smallest absolute Gasteiger partial charge is 0.0467 e. The molecule has 1 nitrogen and oxygen atoms in total. The second-order valence-electron chi connectivity index (χ2n) is 5.09. The standard InChI is InChI=1S/C20H15Br2N/c1-2-15-4-3-5-20(14-15)23(18-10-6-16(21)7-11-18)19-12-8-17(22)9-13-19/h2-14H,1H2. The van der Waals surface area contributed by atoms with E-state index >= 15 is 0 Å². The van der Waals surface area contributed by atoms with Crippen LogP contribution in [0, 0.1) is 0 Å². The van der Waals surface area contributed by atoms with Crippen molar-refractivity contribution < 1.29 is 0 Å². The summed E-state index contributed by atoms with van der Waals surface area (Å²) in [6, 6.07) is 25.0. The summed E-state index contributed by atoms with van der Waals surface area (Å²) in [5.41, 5.74) is 4.42. The maximum absolute atomic E-state index is 3.87. The summed E-state index contributed by atoms with van der Waals surface area (Å²) in [5.74, 6) is 0. The molecule has 114 valence electrons. The highest BCUT2D eigenvalue weighted by Crippen LogP contribution is 2.35. The quantitative estimate of drug-likeness (QED) is 0.420. The van der Waals surface area contributed by atoms with Crippen LogP contribution in [0.15, 0.2) is 88.3 Å². The van der Waals surface area contributed by atoms with Crippen LogP contribution in [0.2, 0.25) is 0 Å². The zero-order valence-corrected chi connectivity index (χ0v) is 15.6. The molecule has 0 aliphatic rings. The monoisotopic (exact) mass is 427 g/mol. The molecule has 0 fully saturated rings. The van der Waals surface area contributed by atoms with Crippen molar-refractivity contribution in [3.8, 4) is 0 Å². The minimum atomic E-state index is 1.07. The Bertz CT molecular complexity index is 762. The Hall–Kier alpha value is -1.84. The van der Waals surface area contributed by atoms with Crippen LogP contribution < -0.4 is 4.90 Å². The summed E-state index contributed by atoms with van der Waals surface area (Å²) in [6.07, 6.45) is 1.87. The van der Waals surface area contributed by atoms with Crippen molar-refractivity contribution in [1.82, 2.24) is 0 Å². The van der Waals surface area contributed by atoms with E-state index in [2.05, 4.69) is 116 Å². The van der Waals surface area contributed by atoms with E-state index in [1.807, 2.05) is 6.08 Å². The van der Waals surface area contributed by atoms with Gasteiger partial charge < -0.3 is 4.90 Å². The van der Waals surface area contributed by atoms with Crippen molar-refractivity contribution in [2.24, 2.45) is 0 Å². The van der Waals surface area contributed by atoms with Crippen LogP contribution in [0.25, 0.3) is 6.08 Å². The summed E-state index contributed by atoms with van der Waals surface area (Å²) >= 11 is 7.00. The Labute approximate surface area is 153 Å². The highest BCUT2D eigenvalue weighted by molar-refractivity contribution is 9.10. The summed E-state index contributed by atoms with van der Waals surface area (Å²) < 4.78 is 2.13. The van der Waals surface area contributed by atoms with Crippen molar-refractivity contribution in [2.75, 3.05) is 4.90 Å². The molecule has 0 atom stereocenters. The first-order valence-electron chi connectivity index (χ1n) is 7.21. The van der Waals surface area contributed by atoms with E-state index in [0.29, 0.717) is 0 Å². The van der Waals surface area contributed by atoms with E-state index in [4.69, 9.17) is 0 Å². The molecule has 0 saturated carbocycles. The second-order valence-corrected chi connectivity index (χ2v) is 6.92. The van der Waals surface area contributed by atoms with Gasteiger partial charge in [-0.25, -0.2) is 0 Å². The first kappa shape index (κ1) is 16.0. The molecule has 0 aromatic heterocycles. The number of benzene rings is 3. The molecule has 0 heterocycles. The number of hydrogen-bond acceptors (Lipinski definition) is 1. The Morgan fingerprint density at radius 1 is 0.696 bits per heavy atom. The molecule has 3 rings (SSSR count). The average molecular weight is 429 g/mol. The van der Waals surface area contributed by atoms with Crippen molar-refractivity contribution >= 4 is 55.0 Å². The van der Waals surface area contributed by atoms with Gasteiger partial charge in [-0.3, -0.25) is 0 Å². The number of anilines is 3. The summed E-state index contributed by atoms with van der Waals surface area (Å²) in [7, 11) is 0. The third kappa shape index (κ3) is 3.74. The van der Waals surface area contributed by atoms with Crippen LogP contribution >= 0.6 is 31.9 Å². The summed E-state index contributed by atoms with van der Waals surface area (Å²) in [5, 5.41) is 0. The summed E-state index contributed by atoms with van der Waals surface area (Å²) in [6.45, 7) is 3.87. The van der Waals surface area contributed by atoms with Gasteiger partial charge in [-0.2, -0.15) is 0 Å². The van der Waals surface area contributed by atoms with E-state index in [1.165, 1.54) is 0 Å². The molecule has 3 heteroatoms. The topological polar surface area (TPSA) is 3.24 Å². The van der Waals surface area contributed by atoms with E-state index in [9.17, 15) is 0 Å². The third-order valence-corrected chi connectivity index (χ3v) is 4.59. The van der Waals surface area contributed by atoms with Crippen LogP contribution in [-0.4, -0.2) is 0 Å². The van der Waals surface area contributed by atoms with Crippen molar-refractivity contribution in [3.05, 3.63) is 93.9 Å². The normalized spacial score (nSPS) is 10.3. The fraction of sp³-hybridized carbons (Fsp3) is 0. The van der Waals surface area contributed by atoms with Crippen LogP contribution in [0.5, 0.6) is 0 Å². The molecule has 0 radical (unpaired) electrons. The first-order chi connectivity index (χ1) is 11.2. The minimum Gasteiger partial charge on any atom is -0.310 e. The van der Waals surface area contributed by atoms with Gasteiger partial charge in [0.25, 0.3) is 0 Å². The van der Waals surface area contributed by atoms with Crippen LogP contribution in [0.1, 0.15) is 5.56 Å². The highest BCUT2D eigenvalue weighted by Gasteiger charge is 2.12. The van der Waals surface area contributed by atoms with Gasteiger partial charge in [0.2, 0.25) is 0 Å². The predicted octanol–water partition coefficient (Wildman–Crippen LogP) is 7.32. The Kier molecular flexibility index (Phi) is 4.99. The van der Waals surface area contributed by atoms with Crippen LogP contribution in [0.3, 0.4) is 0 Å². The maximum atomic E-state index is 3.87. The molecule has 0 N–H and O–H groups in total. The Morgan fingerprint density at radius 2 is 1.22 bits per heavy atom. The van der Waals surface area contributed by atoms with Crippen LogP contribution in [-0.2, 0) is 0 Å². The molecular formula is C20H15Br2N. The van der Waals surface area contributed by atoms with Gasteiger partial charge in [0.15, 0.2) is 0 Å². The van der Waals surface area contributed by atoms with Gasteiger partial charge in [-0.05, 0) is 66.2 Å². The molecule has 3 aromatic carbocycles. The highest BCUT2D eigenvalue weighted by atomic mass is 79.9. The zero-order chi connectivity index (χ0) is 16.2.